The van der Waals surface area contributed by atoms with E-state index in [1.807, 2.05) is 0 Å². The lowest BCUT2D eigenvalue weighted by atomic mass is 10.0. The molecular formula is C10H22N2. The van der Waals surface area contributed by atoms with E-state index in [4.69, 9.17) is 0 Å². The molecule has 1 aliphatic heterocycles. The Morgan fingerprint density at radius 3 is 2.75 bits per heavy atom. The van der Waals surface area contributed by atoms with Crippen LogP contribution in [0.4, 0.5) is 0 Å². The second-order valence-corrected chi connectivity index (χ2v) is 4.62. The minimum absolute atomic E-state index is 0.370. The van der Waals surface area contributed by atoms with Gasteiger partial charge in [-0.05, 0) is 38.8 Å². The number of hydrogen-bond donors (Lipinski definition) is 2. The van der Waals surface area contributed by atoms with Gasteiger partial charge in [0.05, 0.1) is 0 Å². The van der Waals surface area contributed by atoms with Gasteiger partial charge >= 0.3 is 0 Å². The van der Waals surface area contributed by atoms with Crippen LogP contribution < -0.4 is 10.6 Å². The summed E-state index contributed by atoms with van der Waals surface area (Å²) in [4.78, 5) is 0. The Bertz CT molecular complexity index is 126. The molecule has 1 aliphatic rings. The number of rotatable bonds is 4. The first-order valence-electron chi connectivity index (χ1n) is 5.08. The van der Waals surface area contributed by atoms with Crippen molar-refractivity contribution in [3.8, 4) is 0 Å². The third-order valence-corrected chi connectivity index (χ3v) is 2.52. The quantitative estimate of drug-likeness (QED) is 0.666. The molecule has 0 aromatic carbocycles. The molecule has 1 unspecified atom stereocenters. The van der Waals surface area contributed by atoms with Crippen molar-refractivity contribution in [3.63, 3.8) is 0 Å². The topological polar surface area (TPSA) is 24.1 Å². The second-order valence-electron chi connectivity index (χ2n) is 4.62. The van der Waals surface area contributed by atoms with Crippen LogP contribution in [-0.4, -0.2) is 25.2 Å². The van der Waals surface area contributed by atoms with Gasteiger partial charge < -0.3 is 10.6 Å². The fraction of sp³-hybridized carbons (Fsp3) is 1.00. The molecular weight excluding hydrogens is 148 g/mol. The van der Waals surface area contributed by atoms with Crippen molar-refractivity contribution in [1.29, 1.82) is 0 Å². The molecule has 1 rings (SSSR count). The van der Waals surface area contributed by atoms with Gasteiger partial charge in [0.2, 0.25) is 0 Å². The van der Waals surface area contributed by atoms with Crippen molar-refractivity contribution in [2.45, 2.75) is 39.2 Å². The molecule has 0 amide bonds. The molecule has 1 saturated heterocycles. The summed E-state index contributed by atoms with van der Waals surface area (Å²) in [6.45, 7) is 10.3. The average Bonchev–Trinajstić information content (AvgIpc) is 2.35. The Labute approximate surface area is 76.1 Å². The van der Waals surface area contributed by atoms with Crippen molar-refractivity contribution in [2.75, 3.05) is 19.6 Å². The largest absolute Gasteiger partial charge is 0.315 e. The summed E-state index contributed by atoms with van der Waals surface area (Å²) in [5.74, 6) is 0.759. The van der Waals surface area contributed by atoms with Gasteiger partial charge in [-0.2, -0.15) is 0 Å². The van der Waals surface area contributed by atoms with E-state index in [1.165, 1.54) is 19.4 Å². The summed E-state index contributed by atoms with van der Waals surface area (Å²) < 4.78 is 0. The maximum Gasteiger partial charge on any atom is 0.0278 e. The van der Waals surface area contributed by atoms with Crippen molar-refractivity contribution >= 4 is 0 Å². The molecule has 0 radical (unpaired) electrons. The Morgan fingerprint density at radius 1 is 1.50 bits per heavy atom. The zero-order chi connectivity index (χ0) is 9.03. The summed E-state index contributed by atoms with van der Waals surface area (Å²) in [6, 6.07) is 0. The third kappa shape index (κ3) is 3.11. The van der Waals surface area contributed by atoms with Crippen LogP contribution in [0.25, 0.3) is 0 Å². The van der Waals surface area contributed by atoms with Crippen LogP contribution in [0.5, 0.6) is 0 Å². The van der Waals surface area contributed by atoms with Gasteiger partial charge in [-0.1, -0.05) is 13.8 Å². The molecule has 12 heavy (non-hydrogen) atoms. The first kappa shape index (κ1) is 10.0. The maximum absolute atomic E-state index is 3.54. The first-order valence-corrected chi connectivity index (χ1v) is 5.08. The smallest absolute Gasteiger partial charge is 0.0278 e. The van der Waals surface area contributed by atoms with Crippen LogP contribution in [-0.2, 0) is 0 Å². The van der Waals surface area contributed by atoms with Crippen molar-refractivity contribution in [1.82, 2.24) is 10.6 Å². The van der Waals surface area contributed by atoms with Crippen molar-refractivity contribution in [3.05, 3.63) is 0 Å². The molecule has 2 N–H and O–H groups in total. The highest BCUT2D eigenvalue weighted by molar-refractivity contribution is 4.90. The third-order valence-electron chi connectivity index (χ3n) is 2.52. The fourth-order valence-electron chi connectivity index (χ4n) is 1.74. The van der Waals surface area contributed by atoms with E-state index < -0.39 is 0 Å². The van der Waals surface area contributed by atoms with Crippen LogP contribution in [0.1, 0.15) is 33.6 Å². The van der Waals surface area contributed by atoms with E-state index in [0.717, 1.165) is 19.0 Å². The van der Waals surface area contributed by atoms with Gasteiger partial charge in [0.15, 0.2) is 0 Å². The highest BCUT2D eigenvalue weighted by Crippen LogP contribution is 2.16. The first-order chi connectivity index (χ1) is 5.62. The normalized spacial score (nSPS) is 30.0. The molecule has 0 aromatic heterocycles. The van der Waals surface area contributed by atoms with Gasteiger partial charge in [0, 0.05) is 12.1 Å². The van der Waals surface area contributed by atoms with Gasteiger partial charge in [-0.3, -0.25) is 0 Å². The lowest BCUT2D eigenvalue weighted by Crippen LogP contribution is -2.46. The predicted molar refractivity (Wildman–Crippen MR) is 53.3 cm³/mol. The Hall–Kier alpha value is -0.0800. The number of hydrogen-bond acceptors (Lipinski definition) is 2. The minimum Gasteiger partial charge on any atom is -0.315 e. The molecule has 2 heteroatoms. The van der Waals surface area contributed by atoms with Gasteiger partial charge in [-0.15, -0.1) is 0 Å². The molecule has 1 atom stereocenters. The average molecular weight is 170 g/mol. The lowest BCUT2D eigenvalue weighted by molar-refractivity contribution is 0.374. The van der Waals surface area contributed by atoms with Gasteiger partial charge in [-0.25, -0.2) is 0 Å². The maximum atomic E-state index is 3.54. The van der Waals surface area contributed by atoms with Crippen molar-refractivity contribution in [2.24, 2.45) is 5.92 Å². The van der Waals surface area contributed by atoms with Crippen LogP contribution >= 0.6 is 0 Å². The van der Waals surface area contributed by atoms with E-state index >= 15 is 0 Å². The van der Waals surface area contributed by atoms with E-state index in [0.29, 0.717) is 5.54 Å². The van der Waals surface area contributed by atoms with E-state index in [-0.39, 0.29) is 0 Å². The summed E-state index contributed by atoms with van der Waals surface area (Å²) in [5.41, 5.74) is 0.370. The SMILES string of the molecule is CC(C)CNCC1(C)CCCN1. The molecule has 0 spiro atoms. The molecule has 1 heterocycles. The fourth-order valence-corrected chi connectivity index (χ4v) is 1.74. The Morgan fingerprint density at radius 2 is 2.25 bits per heavy atom. The molecule has 72 valence electrons. The van der Waals surface area contributed by atoms with E-state index in [1.54, 1.807) is 0 Å². The van der Waals surface area contributed by atoms with Gasteiger partial charge in [0.1, 0.15) is 0 Å². The monoisotopic (exact) mass is 170 g/mol. The summed E-state index contributed by atoms with van der Waals surface area (Å²) in [5, 5.41) is 7.05. The van der Waals surface area contributed by atoms with Crippen LogP contribution in [0, 0.1) is 5.92 Å². The highest BCUT2D eigenvalue weighted by atomic mass is 15.0. The zero-order valence-corrected chi connectivity index (χ0v) is 8.61. The minimum atomic E-state index is 0.370. The Kier molecular flexibility index (Phi) is 3.53. The highest BCUT2D eigenvalue weighted by Gasteiger charge is 2.26. The van der Waals surface area contributed by atoms with Crippen molar-refractivity contribution < 1.29 is 0 Å². The molecule has 1 fully saturated rings. The molecule has 2 nitrogen and oxygen atoms in total. The molecule has 0 aromatic rings. The molecule has 0 bridgehead atoms. The predicted octanol–water partition coefficient (Wildman–Crippen LogP) is 1.37. The summed E-state index contributed by atoms with van der Waals surface area (Å²) >= 11 is 0. The van der Waals surface area contributed by atoms with E-state index in [2.05, 4.69) is 31.4 Å². The summed E-state index contributed by atoms with van der Waals surface area (Å²) in [7, 11) is 0. The van der Waals surface area contributed by atoms with Crippen LogP contribution in [0.2, 0.25) is 0 Å². The summed E-state index contributed by atoms with van der Waals surface area (Å²) in [6.07, 6.45) is 2.65. The Balaban J connectivity index is 2.13. The van der Waals surface area contributed by atoms with Crippen LogP contribution in [0.3, 0.4) is 0 Å². The number of nitrogens with one attached hydrogen (secondary N) is 2. The van der Waals surface area contributed by atoms with E-state index in [9.17, 15) is 0 Å². The second kappa shape index (κ2) is 4.24. The zero-order valence-electron chi connectivity index (χ0n) is 8.61. The molecule has 0 aliphatic carbocycles. The lowest BCUT2D eigenvalue weighted by Gasteiger charge is -2.25. The van der Waals surface area contributed by atoms with Crippen LogP contribution in [0.15, 0.2) is 0 Å². The van der Waals surface area contributed by atoms with Gasteiger partial charge in [0.25, 0.3) is 0 Å². The molecule has 0 saturated carbocycles. The standard InChI is InChI=1S/C10H22N2/c1-9(2)7-11-8-10(3)5-4-6-12-10/h9,11-12H,4-8H2,1-3H3.